The largest absolute Gasteiger partial charge is 0.382 e. The molecule has 2 saturated heterocycles. The molecule has 2 fully saturated rings. The third-order valence-electron chi connectivity index (χ3n) is 5.17. The van der Waals surface area contributed by atoms with E-state index in [2.05, 4.69) is 0 Å². The van der Waals surface area contributed by atoms with E-state index in [-0.39, 0.29) is 23.2 Å². The first-order valence-electron chi connectivity index (χ1n) is 8.19. The monoisotopic (exact) mass is 321 g/mol. The van der Waals surface area contributed by atoms with Crippen LogP contribution in [-0.4, -0.2) is 50.3 Å². The van der Waals surface area contributed by atoms with Crippen molar-refractivity contribution in [2.75, 3.05) is 33.4 Å². The Morgan fingerprint density at radius 3 is 2.83 bits per heavy atom. The lowest BCUT2D eigenvalue weighted by Gasteiger charge is -2.38. The maximum atomic E-state index is 13.2. The first-order valence-corrected chi connectivity index (χ1v) is 8.19. The SMILES string of the molecule is COC[C@@H]1CC2(CCN(C(=O)c3ccc(F)cc3C)CC2)CO1. The average molecular weight is 321 g/mol. The molecule has 2 heterocycles. The number of benzene rings is 1. The zero-order valence-electron chi connectivity index (χ0n) is 13.8. The van der Waals surface area contributed by atoms with Gasteiger partial charge in [0.1, 0.15) is 5.82 Å². The summed E-state index contributed by atoms with van der Waals surface area (Å²) in [6.07, 6.45) is 3.11. The van der Waals surface area contributed by atoms with Gasteiger partial charge < -0.3 is 14.4 Å². The average Bonchev–Trinajstić information content (AvgIpc) is 2.90. The maximum absolute atomic E-state index is 13.2. The Morgan fingerprint density at radius 1 is 1.43 bits per heavy atom. The zero-order valence-corrected chi connectivity index (χ0v) is 13.8. The van der Waals surface area contributed by atoms with Gasteiger partial charge in [-0.1, -0.05) is 0 Å². The number of piperidine rings is 1. The predicted molar refractivity (Wildman–Crippen MR) is 84.9 cm³/mol. The van der Waals surface area contributed by atoms with E-state index in [4.69, 9.17) is 9.47 Å². The van der Waals surface area contributed by atoms with Crippen LogP contribution in [0.1, 0.15) is 35.2 Å². The normalized spacial score (nSPS) is 23.4. The summed E-state index contributed by atoms with van der Waals surface area (Å²) < 4.78 is 24.2. The Balaban J connectivity index is 1.62. The molecule has 0 aliphatic carbocycles. The van der Waals surface area contributed by atoms with Gasteiger partial charge in [-0.05, 0) is 55.4 Å². The van der Waals surface area contributed by atoms with Crippen LogP contribution >= 0.6 is 0 Å². The van der Waals surface area contributed by atoms with Crippen LogP contribution in [0.4, 0.5) is 4.39 Å². The minimum absolute atomic E-state index is 0.00436. The van der Waals surface area contributed by atoms with Crippen molar-refractivity contribution in [3.05, 3.63) is 35.1 Å². The summed E-state index contributed by atoms with van der Waals surface area (Å²) in [4.78, 5) is 14.5. The molecule has 5 heteroatoms. The zero-order chi connectivity index (χ0) is 16.4. The number of ether oxygens (including phenoxy) is 2. The number of carbonyl (C=O) groups excluding carboxylic acids is 1. The number of hydrogen-bond acceptors (Lipinski definition) is 3. The van der Waals surface area contributed by atoms with Crippen molar-refractivity contribution in [3.63, 3.8) is 0 Å². The number of halogens is 1. The Kier molecular flexibility index (Phi) is 4.69. The van der Waals surface area contributed by atoms with Gasteiger partial charge in [-0.2, -0.15) is 0 Å². The molecule has 3 rings (SSSR count). The molecule has 1 aromatic carbocycles. The van der Waals surface area contributed by atoms with E-state index in [1.54, 1.807) is 20.1 Å². The van der Waals surface area contributed by atoms with E-state index >= 15 is 0 Å². The third-order valence-corrected chi connectivity index (χ3v) is 5.17. The van der Waals surface area contributed by atoms with Crippen molar-refractivity contribution in [2.24, 2.45) is 5.41 Å². The number of aryl methyl sites for hydroxylation is 1. The van der Waals surface area contributed by atoms with Crippen molar-refractivity contribution in [2.45, 2.75) is 32.3 Å². The van der Waals surface area contributed by atoms with Gasteiger partial charge in [0.2, 0.25) is 0 Å². The number of rotatable bonds is 3. The lowest BCUT2D eigenvalue weighted by atomic mass is 9.76. The molecule has 0 N–H and O–H groups in total. The van der Waals surface area contributed by atoms with Crippen molar-refractivity contribution in [1.82, 2.24) is 4.90 Å². The molecule has 0 bridgehead atoms. The van der Waals surface area contributed by atoms with Crippen LogP contribution in [-0.2, 0) is 9.47 Å². The second-order valence-electron chi connectivity index (χ2n) is 6.84. The summed E-state index contributed by atoms with van der Waals surface area (Å²) in [5, 5.41) is 0. The molecule has 1 spiro atoms. The number of amides is 1. The number of methoxy groups -OCH3 is 1. The van der Waals surface area contributed by atoms with Gasteiger partial charge in [0.05, 0.1) is 19.3 Å². The van der Waals surface area contributed by atoms with Crippen LogP contribution in [0.3, 0.4) is 0 Å². The van der Waals surface area contributed by atoms with Gasteiger partial charge in [0.25, 0.3) is 5.91 Å². The van der Waals surface area contributed by atoms with E-state index in [1.807, 2.05) is 4.90 Å². The fourth-order valence-electron chi connectivity index (χ4n) is 3.76. The second-order valence-corrected chi connectivity index (χ2v) is 6.84. The molecular formula is C18H24FNO3. The molecular weight excluding hydrogens is 297 g/mol. The number of likely N-dealkylation sites (tertiary alicyclic amines) is 1. The molecule has 1 aromatic rings. The van der Waals surface area contributed by atoms with E-state index in [1.165, 1.54) is 12.1 Å². The topological polar surface area (TPSA) is 38.8 Å². The Bertz CT molecular complexity index is 582. The molecule has 4 nitrogen and oxygen atoms in total. The minimum atomic E-state index is -0.302. The highest BCUT2D eigenvalue weighted by Gasteiger charge is 2.43. The summed E-state index contributed by atoms with van der Waals surface area (Å²) in [6, 6.07) is 4.36. The third kappa shape index (κ3) is 3.40. The van der Waals surface area contributed by atoms with Crippen LogP contribution in [0.2, 0.25) is 0 Å². The number of nitrogens with zero attached hydrogens (tertiary/aromatic N) is 1. The number of carbonyl (C=O) groups is 1. The van der Waals surface area contributed by atoms with Crippen molar-refractivity contribution in [1.29, 1.82) is 0 Å². The van der Waals surface area contributed by atoms with Gasteiger partial charge >= 0.3 is 0 Å². The molecule has 0 radical (unpaired) electrons. The summed E-state index contributed by atoms with van der Waals surface area (Å²) in [7, 11) is 1.70. The van der Waals surface area contributed by atoms with Gasteiger partial charge in [0, 0.05) is 25.8 Å². The highest BCUT2D eigenvalue weighted by atomic mass is 19.1. The molecule has 1 atom stereocenters. The predicted octanol–water partition coefficient (Wildman–Crippen LogP) is 2.79. The first kappa shape index (κ1) is 16.4. The molecule has 0 saturated carbocycles. The fraction of sp³-hybridized carbons (Fsp3) is 0.611. The maximum Gasteiger partial charge on any atom is 0.254 e. The quantitative estimate of drug-likeness (QED) is 0.859. The van der Waals surface area contributed by atoms with Crippen LogP contribution in [0.5, 0.6) is 0 Å². The second kappa shape index (κ2) is 6.57. The Labute approximate surface area is 136 Å². The fourth-order valence-corrected chi connectivity index (χ4v) is 3.76. The Morgan fingerprint density at radius 2 is 2.17 bits per heavy atom. The molecule has 126 valence electrons. The molecule has 1 amide bonds. The summed E-state index contributed by atoms with van der Waals surface area (Å²) >= 11 is 0. The minimum Gasteiger partial charge on any atom is -0.382 e. The van der Waals surface area contributed by atoms with E-state index in [0.29, 0.717) is 17.7 Å². The lowest BCUT2D eigenvalue weighted by Crippen LogP contribution is -2.43. The molecule has 0 aromatic heterocycles. The van der Waals surface area contributed by atoms with Gasteiger partial charge in [0.15, 0.2) is 0 Å². The smallest absolute Gasteiger partial charge is 0.254 e. The molecule has 0 unspecified atom stereocenters. The van der Waals surface area contributed by atoms with Crippen LogP contribution in [0, 0.1) is 18.2 Å². The van der Waals surface area contributed by atoms with Gasteiger partial charge in [-0.3, -0.25) is 4.79 Å². The van der Waals surface area contributed by atoms with Crippen LogP contribution in [0.15, 0.2) is 18.2 Å². The standard InChI is InChI=1S/C18H24FNO3/c1-13-9-14(19)3-4-16(13)17(21)20-7-5-18(6-8-20)10-15(11-22-2)23-12-18/h3-4,9,15H,5-8,10-12H2,1-2H3/t15-/m0/s1. The van der Waals surface area contributed by atoms with Gasteiger partial charge in [-0.15, -0.1) is 0 Å². The highest BCUT2D eigenvalue weighted by Crippen LogP contribution is 2.42. The van der Waals surface area contributed by atoms with Gasteiger partial charge in [-0.25, -0.2) is 4.39 Å². The van der Waals surface area contributed by atoms with E-state index < -0.39 is 0 Å². The lowest BCUT2D eigenvalue weighted by molar-refractivity contribution is 0.0281. The van der Waals surface area contributed by atoms with Crippen LogP contribution < -0.4 is 0 Å². The first-order chi connectivity index (χ1) is 11.0. The summed E-state index contributed by atoms with van der Waals surface area (Å²) in [5.74, 6) is -0.298. The summed E-state index contributed by atoms with van der Waals surface area (Å²) in [6.45, 7) is 4.65. The van der Waals surface area contributed by atoms with Crippen molar-refractivity contribution >= 4 is 5.91 Å². The highest BCUT2D eigenvalue weighted by molar-refractivity contribution is 5.95. The van der Waals surface area contributed by atoms with Crippen molar-refractivity contribution < 1.29 is 18.7 Å². The molecule has 23 heavy (non-hydrogen) atoms. The molecule has 2 aliphatic heterocycles. The van der Waals surface area contributed by atoms with E-state index in [0.717, 1.165) is 39.0 Å². The Hall–Kier alpha value is -1.46. The van der Waals surface area contributed by atoms with Crippen molar-refractivity contribution in [3.8, 4) is 0 Å². The molecule has 2 aliphatic rings. The van der Waals surface area contributed by atoms with E-state index in [9.17, 15) is 9.18 Å². The van der Waals surface area contributed by atoms with Crippen LogP contribution in [0.25, 0.3) is 0 Å². The number of hydrogen-bond donors (Lipinski definition) is 0. The summed E-state index contributed by atoms with van der Waals surface area (Å²) in [5.41, 5.74) is 1.49.